The van der Waals surface area contributed by atoms with Gasteiger partial charge in [0.2, 0.25) is 5.91 Å². The van der Waals surface area contributed by atoms with Crippen molar-refractivity contribution in [3.63, 3.8) is 0 Å². The highest BCUT2D eigenvalue weighted by atomic mass is 16.2. The molecule has 1 aliphatic heterocycles. The minimum atomic E-state index is -0.0157. The molecule has 3 aliphatic rings. The summed E-state index contributed by atoms with van der Waals surface area (Å²) in [5.74, 6) is 0.851. The van der Waals surface area contributed by atoms with Crippen LogP contribution in [0, 0.1) is 5.92 Å². The fourth-order valence-corrected chi connectivity index (χ4v) is 4.55. The van der Waals surface area contributed by atoms with E-state index in [1.54, 1.807) is 0 Å². The van der Waals surface area contributed by atoms with Gasteiger partial charge in [-0.3, -0.25) is 4.79 Å². The molecule has 1 saturated heterocycles. The summed E-state index contributed by atoms with van der Waals surface area (Å²) in [6.07, 6.45) is 13.5. The minimum Gasteiger partial charge on any atom is -0.343 e. The highest BCUT2D eigenvalue weighted by Gasteiger charge is 2.28. The van der Waals surface area contributed by atoms with Gasteiger partial charge in [-0.05, 0) is 44.4 Å². The summed E-state index contributed by atoms with van der Waals surface area (Å²) in [7, 11) is 1.92. The molecule has 1 saturated carbocycles. The molecule has 1 unspecified atom stereocenters. The van der Waals surface area contributed by atoms with Gasteiger partial charge in [-0.25, -0.2) is 4.79 Å². The first-order valence-corrected chi connectivity index (χ1v) is 10.1. The fraction of sp³-hybridized carbons (Fsp3) is 0.800. The molecule has 1 N–H and O–H groups in total. The van der Waals surface area contributed by atoms with Crippen molar-refractivity contribution in [3.8, 4) is 0 Å². The lowest BCUT2D eigenvalue weighted by Crippen LogP contribution is -2.46. The second-order valence-corrected chi connectivity index (χ2v) is 7.90. The van der Waals surface area contributed by atoms with E-state index >= 15 is 0 Å². The van der Waals surface area contributed by atoms with Crippen molar-refractivity contribution in [2.24, 2.45) is 5.92 Å². The molecule has 0 spiro atoms. The van der Waals surface area contributed by atoms with Crippen LogP contribution in [0.2, 0.25) is 0 Å². The van der Waals surface area contributed by atoms with Gasteiger partial charge < -0.3 is 15.1 Å². The summed E-state index contributed by atoms with van der Waals surface area (Å²) < 4.78 is 0. The average molecular weight is 348 g/mol. The van der Waals surface area contributed by atoms with Crippen LogP contribution in [-0.4, -0.2) is 54.5 Å². The summed E-state index contributed by atoms with van der Waals surface area (Å²) in [6, 6.07) is 0.382. The number of fused-ring (bicyclic) bond motifs is 1. The molecule has 0 bridgehead atoms. The molecule has 1 atom stereocenters. The van der Waals surface area contributed by atoms with E-state index in [9.17, 15) is 9.59 Å². The summed E-state index contributed by atoms with van der Waals surface area (Å²) >= 11 is 0. The second-order valence-electron chi connectivity index (χ2n) is 7.90. The first kappa shape index (κ1) is 18.3. The van der Waals surface area contributed by atoms with Crippen molar-refractivity contribution in [2.45, 2.75) is 70.3 Å². The van der Waals surface area contributed by atoms with E-state index in [0.29, 0.717) is 24.9 Å². The first-order chi connectivity index (χ1) is 12.1. The largest absolute Gasteiger partial charge is 0.343 e. The zero-order chi connectivity index (χ0) is 17.6. The number of allylic oxidation sites excluding steroid dienone is 1. The first-order valence-electron chi connectivity index (χ1n) is 10.1. The van der Waals surface area contributed by atoms with Gasteiger partial charge >= 0.3 is 6.03 Å². The van der Waals surface area contributed by atoms with Gasteiger partial charge in [-0.2, -0.15) is 0 Å². The molecule has 25 heavy (non-hydrogen) atoms. The number of nitrogens with zero attached hydrogens (tertiary/aromatic N) is 2. The summed E-state index contributed by atoms with van der Waals surface area (Å²) in [5.41, 5.74) is 1.45. The Bertz CT molecular complexity index is 511. The van der Waals surface area contributed by atoms with Crippen molar-refractivity contribution in [1.82, 2.24) is 15.1 Å². The zero-order valence-corrected chi connectivity index (χ0v) is 15.6. The topological polar surface area (TPSA) is 52.7 Å². The molecule has 1 heterocycles. The van der Waals surface area contributed by atoms with Gasteiger partial charge in [0.15, 0.2) is 0 Å². The van der Waals surface area contributed by atoms with Crippen molar-refractivity contribution in [2.75, 3.05) is 26.7 Å². The average Bonchev–Trinajstić information content (AvgIpc) is 2.67. The molecule has 0 aromatic carbocycles. The molecule has 0 radical (unpaired) electrons. The standard InChI is InChI=1S/C20H33N3O2/c1-22(18-9-3-2-4-10-18)19(24)11-13-21-20(25)23-14-12-16-7-5-6-8-17(16)15-23/h8,16,18H,2-7,9-15H2,1H3,(H,21,25). The van der Waals surface area contributed by atoms with Gasteiger partial charge in [-0.15, -0.1) is 0 Å². The number of hydrogen-bond donors (Lipinski definition) is 1. The fourth-order valence-electron chi connectivity index (χ4n) is 4.55. The Morgan fingerprint density at radius 3 is 2.76 bits per heavy atom. The third-order valence-electron chi connectivity index (χ3n) is 6.23. The smallest absolute Gasteiger partial charge is 0.317 e. The van der Waals surface area contributed by atoms with Crippen LogP contribution in [0.5, 0.6) is 0 Å². The Morgan fingerprint density at radius 1 is 1.16 bits per heavy atom. The Balaban J connectivity index is 1.38. The molecule has 2 fully saturated rings. The van der Waals surface area contributed by atoms with E-state index in [-0.39, 0.29) is 11.9 Å². The summed E-state index contributed by atoms with van der Waals surface area (Å²) in [4.78, 5) is 28.5. The SMILES string of the molecule is CN(C(=O)CCNC(=O)N1CCC2CCCC=C2C1)C1CCCCC1. The third-order valence-corrected chi connectivity index (χ3v) is 6.23. The number of carbonyl (C=O) groups excluding carboxylic acids is 2. The summed E-state index contributed by atoms with van der Waals surface area (Å²) in [5, 5.41) is 2.95. The number of rotatable bonds is 4. The molecule has 5 nitrogen and oxygen atoms in total. The monoisotopic (exact) mass is 347 g/mol. The number of amides is 3. The molecule has 3 rings (SSSR count). The number of hydrogen-bond acceptors (Lipinski definition) is 2. The number of urea groups is 1. The molecular formula is C20H33N3O2. The van der Waals surface area contributed by atoms with Gasteiger partial charge in [0.25, 0.3) is 0 Å². The predicted molar refractivity (Wildman–Crippen MR) is 99.3 cm³/mol. The van der Waals surface area contributed by atoms with Crippen LogP contribution in [-0.2, 0) is 4.79 Å². The third kappa shape index (κ3) is 4.77. The maximum Gasteiger partial charge on any atom is 0.317 e. The number of piperidine rings is 1. The van der Waals surface area contributed by atoms with E-state index < -0.39 is 0 Å². The van der Waals surface area contributed by atoms with Crippen LogP contribution in [0.1, 0.15) is 64.2 Å². The van der Waals surface area contributed by atoms with E-state index in [1.807, 2.05) is 16.8 Å². The van der Waals surface area contributed by atoms with Crippen molar-refractivity contribution in [3.05, 3.63) is 11.6 Å². The second kappa shape index (κ2) is 8.72. The van der Waals surface area contributed by atoms with Gasteiger partial charge in [0.1, 0.15) is 0 Å². The Morgan fingerprint density at radius 2 is 1.96 bits per heavy atom. The van der Waals surface area contributed by atoms with E-state index in [2.05, 4.69) is 11.4 Å². The van der Waals surface area contributed by atoms with E-state index in [1.165, 1.54) is 37.7 Å². The number of carbonyl (C=O) groups is 2. The lowest BCUT2D eigenvalue weighted by molar-refractivity contribution is -0.132. The molecule has 140 valence electrons. The molecule has 0 aromatic heterocycles. The highest BCUT2D eigenvalue weighted by molar-refractivity contribution is 5.78. The van der Waals surface area contributed by atoms with Gasteiger partial charge in [-0.1, -0.05) is 30.9 Å². The van der Waals surface area contributed by atoms with Crippen LogP contribution in [0.15, 0.2) is 11.6 Å². The molecule has 0 aromatic rings. The van der Waals surface area contributed by atoms with Crippen LogP contribution < -0.4 is 5.32 Å². The summed E-state index contributed by atoms with van der Waals surface area (Å²) in [6.45, 7) is 2.05. The Kier molecular flexibility index (Phi) is 6.38. The van der Waals surface area contributed by atoms with Crippen LogP contribution in [0.4, 0.5) is 4.79 Å². The van der Waals surface area contributed by atoms with Gasteiger partial charge in [0, 0.05) is 39.1 Å². The van der Waals surface area contributed by atoms with Crippen LogP contribution >= 0.6 is 0 Å². The van der Waals surface area contributed by atoms with Crippen LogP contribution in [0.3, 0.4) is 0 Å². The number of likely N-dealkylation sites (tertiary alicyclic amines) is 1. The van der Waals surface area contributed by atoms with E-state index in [0.717, 1.165) is 38.8 Å². The van der Waals surface area contributed by atoms with E-state index in [4.69, 9.17) is 0 Å². The number of nitrogens with one attached hydrogen (secondary N) is 1. The van der Waals surface area contributed by atoms with Crippen molar-refractivity contribution in [1.29, 1.82) is 0 Å². The molecular weight excluding hydrogens is 314 g/mol. The lowest BCUT2D eigenvalue weighted by Gasteiger charge is -2.36. The lowest BCUT2D eigenvalue weighted by atomic mass is 9.82. The molecule has 2 aliphatic carbocycles. The zero-order valence-electron chi connectivity index (χ0n) is 15.6. The van der Waals surface area contributed by atoms with Crippen molar-refractivity contribution >= 4 is 11.9 Å². The Hall–Kier alpha value is -1.52. The predicted octanol–water partition coefficient (Wildman–Crippen LogP) is 3.31. The van der Waals surface area contributed by atoms with Crippen molar-refractivity contribution < 1.29 is 9.59 Å². The highest BCUT2D eigenvalue weighted by Crippen LogP contribution is 2.31. The quantitative estimate of drug-likeness (QED) is 0.793. The minimum absolute atomic E-state index is 0.0157. The molecule has 5 heteroatoms. The maximum atomic E-state index is 12.4. The normalized spacial score (nSPS) is 24.3. The van der Waals surface area contributed by atoms with Crippen LogP contribution in [0.25, 0.3) is 0 Å². The maximum absolute atomic E-state index is 12.4. The Labute approximate surface area is 151 Å². The van der Waals surface area contributed by atoms with Gasteiger partial charge in [0.05, 0.1) is 0 Å². The molecule has 3 amide bonds.